The number of aromatic nitrogens is 4. The third-order valence-electron chi connectivity index (χ3n) is 7.85. The summed E-state index contributed by atoms with van der Waals surface area (Å²) in [7, 11) is 0. The number of halogens is 1. The molecule has 0 radical (unpaired) electrons. The monoisotopic (exact) mass is 803 g/mol. The predicted octanol–water partition coefficient (Wildman–Crippen LogP) is 10.9. The van der Waals surface area contributed by atoms with E-state index in [-0.39, 0.29) is 27.8 Å². The van der Waals surface area contributed by atoms with Gasteiger partial charge in [0.1, 0.15) is 16.0 Å². The first kappa shape index (κ1) is 48.4. The Morgan fingerprint density at radius 2 is 0.981 bits per heavy atom. The molecule has 0 aromatic carbocycles. The van der Waals surface area contributed by atoms with E-state index in [2.05, 4.69) is 104 Å². The summed E-state index contributed by atoms with van der Waals surface area (Å²) >= 11 is 3.26. The molecular formula is C45H66BrN5O3. The number of aliphatic hydroxyl groups excluding tert-OH is 1. The van der Waals surface area contributed by atoms with E-state index >= 15 is 0 Å². The molecular weight excluding hydrogens is 738 g/mol. The highest BCUT2D eigenvalue weighted by Gasteiger charge is 2.20. The summed E-state index contributed by atoms with van der Waals surface area (Å²) in [4.78, 5) is 40.2. The van der Waals surface area contributed by atoms with Crippen molar-refractivity contribution < 1.29 is 14.7 Å². The molecule has 0 aliphatic carbocycles. The lowest BCUT2D eigenvalue weighted by molar-refractivity contribution is 0.0925. The highest BCUT2D eigenvalue weighted by atomic mass is 79.9. The van der Waals surface area contributed by atoms with Crippen molar-refractivity contribution in [1.82, 2.24) is 19.9 Å². The van der Waals surface area contributed by atoms with Gasteiger partial charge in [-0.25, -0.2) is 4.98 Å². The van der Waals surface area contributed by atoms with Gasteiger partial charge < -0.3 is 10.8 Å². The van der Waals surface area contributed by atoms with Crippen LogP contribution in [0, 0.1) is 16.2 Å². The SMILES string of the molecule is CC(C)(C)CC(=O)c1ccc(CN)cn1.CCc1ccc(Br)nc1.CCc1ccc(C(=O)CC(C)(C)C)nc1.CCc1ccc(C(O)CC(C)(C)C)nc1. The molecule has 0 bridgehead atoms. The van der Waals surface area contributed by atoms with Crippen LogP contribution in [0.25, 0.3) is 0 Å². The summed E-state index contributed by atoms with van der Waals surface area (Å²) < 4.78 is 0.903. The lowest BCUT2D eigenvalue weighted by atomic mass is 9.88. The van der Waals surface area contributed by atoms with Gasteiger partial charge in [0, 0.05) is 44.2 Å². The minimum Gasteiger partial charge on any atom is -0.387 e. The van der Waals surface area contributed by atoms with E-state index in [0.29, 0.717) is 30.8 Å². The maximum atomic E-state index is 11.8. The Hall–Kier alpha value is -3.66. The lowest BCUT2D eigenvalue weighted by Gasteiger charge is -2.21. The van der Waals surface area contributed by atoms with Crippen LogP contribution >= 0.6 is 15.9 Å². The topological polar surface area (TPSA) is 132 Å². The Balaban J connectivity index is 0.000000366. The molecule has 0 saturated heterocycles. The van der Waals surface area contributed by atoms with E-state index < -0.39 is 6.10 Å². The van der Waals surface area contributed by atoms with Crippen LogP contribution in [0.5, 0.6) is 0 Å². The van der Waals surface area contributed by atoms with Gasteiger partial charge in [0.25, 0.3) is 0 Å². The van der Waals surface area contributed by atoms with Gasteiger partial charge in [-0.1, -0.05) is 107 Å². The molecule has 0 aliphatic rings. The van der Waals surface area contributed by atoms with Crippen molar-refractivity contribution in [3.8, 4) is 0 Å². The molecule has 4 aromatic rings. The van der Waals surface area contributed by atoms with E-state index in [1.165, 1.54) is 16.7 Å². The number of nitrogens with two attached hydrogens (primary N) is 1. The molecule has 296 valence electrons. The number of rotatable bonds is 10. The van der Waals surface area contributed by atoms with Gasteiger partial charge >= 0.3 is 0 Å². The number of pyridine rings is 4. The zero-order chi connectivity index (χ0) is 41.1. The van der Waals surface area contributed by atoms with Crippen LogP contribution in [0.3, 0.4) is 0 Å². The van der Waals surface area contributed by atoms with Crippen molar-refractivity contribution in [2.45, 2.75) is 134 Å². The fourth-order valence-corrected chi connectivity index (χ4v) is 5.03. The first-order valence-electron chi connectivity index (χ1n) is 19.0. The number of carbonyl (C=O) groups is 2. The smallest absolute Gasteiger partial charge is 0.181 e. The number of nitrogens with zero attached hydrogens (tertiary/aromatic N) is 4. The Morgan fingerprint density at radius 1 is 0.593 bits per heavy atom. The van der Waals surface area contributed by atoms with Gasteiger partial charge in [0.15, 0.2) is 11.6 Å². The fraction of sp³-hybridized carbons (Fsp3) is 0.511. The van der Waals surface area contributed by atoms with Crippen LogP contribution in [0.15, 0.2) is 77.9 Å². The minimum atomic E-state index is -0.448. The molecule has 1 atom stereocenters. The fourth-order valence-electron chi connectivity index (χ4n) is 4.80. The molecule has 1 unspecified atom stereocenters. The quantitative estimate of drug-likeness (QED) is 0.120. The van der Waals surface area contributed by atoms with E-state index in [1.54, 1.807) is 18.5 Å². The van der Waals surface area contributed by atoms with Crippen LogP contribution in [-0.2, 0) is 25.8 Å². The van der Waals surface area contributed by atoms with Gasteiger partial charge in [-0.15, -0.1) is 0 Å². The van der Waals surface area contributed by atoms with Crippen molar-refractivity contribution in [2.24, 2.45) is 22.0 Å². The number of hydrogen-bond acceptors (Lipinski definition) is 8. The van der Waals surface area contributed by atoms with Crippen LogP contribution in [0.2, 0.25) is 0 Å². The number of Topliss-reactive ketones (excluding diaryl/α,β-unsaturated/α-hetero) is 2. The maximum absolute atomic E-state index is 11.8. The number of aliphatic hydroxyl groups is 1. The molecule has 8 nitrogen and oxygen atoms in total. The summed E-state index contributed by atoms with van der Waals surface area (Å²) in [5.74, 6) is 0.219. The van der Waals surface area contributed by atoms with Crippen LogP contribution in [0.4, 0.5) is 0 Å². The maximum Gasteiger partial charge on any atom is 0.181 e. The van der Waals surface area contributed by atoms with E-state index in [0.717, 1.165) is 41.5 Å². The van der Waals surface area contributed by atoms with Crippen molar-refractivity contribution >= 4 is 27.5 Å². The summed E-state index contributed by atoms with van der Waals surface area (Å²) in [6, 6.07) is 15.4. The summed E-state index contributed by atoms with van der Waals surface area (Å²) in [5, 5.41) is 9.96. The largest absolute Gasteiger partial charge is 0.387 e. The zero-order valence-electron chi connectivity index (χ0n) is 35.0. The molecule has 4 rings (SSSR count). The van der Waals surface area contributed by atoms with Crippen molar-refractivity contribution in [3.05, 3.63) is 117 Å². The first-order valence-corrected chi connectivity index (χ1v) is 19.8. The van der Waals surface area contributed by atoms with Crippen molar-refractivity contribution in [3.63, 3.8) is 0 Å². The molecule has 4 heterocycles. The van der Waals surface area contributed by atoms with Gasteiger partial charge in [-0.3, -0.25) is 24.5 Å². The number of carbonyl (C=O) groups excluding carboxylic acids is 2. The Morgan fingerprint density at radius 3 is 1.28 bits per heavy atom. The molecule has 0 saturated carbocycles. The highest BCUT2D eigenvalue weighted by molar-refractivity contribution is 9.10. The number of ketones is 2. The standard InChI is InChI=1S/C13H21NO.C13H19NO.C12H18N2O.C7H8BrN/c2*1-5-10-6-7-11(14-9-10)12(15)8-13(2,3)4;1-12(2,3)6-11(15)10-5-4-9(7-13)8-14-10;1-2-6-3-4-7(8)9-5-6/h6-7,9,12,15H,5,8H2,1-4H3;6-7,9H,5,8H2,1-4H3;4-5,8H,6-7,13H2,1-3H3;3-5H,2H2,1H3. The van der Waals surface area contributed by atoms with Crippen molar-refractivity contribution in [2.75, 3.05) is 0 Å². The second-order valence-corrected chi connectivity index (χ2v) is 17.9. The van der Waals surface area contributed by atoms with E-state index in [1.807, 2.05) is 69.6 Å². The van der Waals surface area contributed by atoms with Crippen LogP contribution in [-0.4, -0.2) is 36.6 Å². The third kappa shape index (κ3) is 21.3. The molecule has 0 amide bonds. The summed E-state index contributed by atoms with van der Waals surface area (Å²) in [6.07, 6.45) is 11.5. The van der Waals surface area contributed by atoms with Crippen LogP contribution < -0.4 is 5.73 Å². The second-order valence-electron chi connectivity index (χ2n) is 17.1. The van der Waals surface area contributed by atoms with E-state index in [4.69, 9.17) is 5.73 Å². The molecule has 0 spiro atoms. The molecule has 3 N–H and O–H groups in total. The molecule has 54 heavy (non-hydrogen) atoms. The third-order valence-corrected chi connectivity index (χ3v) is 8.32. The second kappa shape index (κ2) is 23.3. The average molecular weight is 805 g/mol. The molecule has 4 aromatic heterocycles. The van der Waals surface area contributed by atoms with E-state index in [9.17, 15) is 14.7 Å². The summed E-state index contributed by atoms with van der Waals surface area (Å²) in [5.41, 5.74) is 12.1. The Bertz CT molecular complexity index is 1580. The number of hydrogen-bond donors (Lipinski definition) is 2. The molecule has 0 aliphatic heterocycles. The van der Waals surface area contributed by atoms with Gasteiger partial charge in [0.05, 0.1) is 11.8 Å². The van der Waals surface area contributed by atoms with Gasteiger partial charge in [0.2, 0.25) is 0 Å². The minimum absolute atomic E-state index is 0.00526. The Labute approximate surface area is 334 Å². The molecule has 0 fully saturated rings. The van der Waals surface area contributed by atoms with Gasteiger partial charge in [-0.2, -0.15) is 0 Å². The van der Waals surface area contributed by atoms with Crippen LogP contribution in [0.1, 0.15) is 157 Å². The number of aryl methyl sites for hydroxylation is 3. The average Bonchev–Trinajstić information content (AvgIpc) is 3.11. The zero-order valence-corrected chi connectivity index (χ0v) is 36.5. The highest BCUT2D eigenvalue weighted by Crippen LogP contribution is 2.28. The molecule has 9 heteroatoms. The normalized spacial score (nSPS) is 11.8. The van der Waals surface area contributed by atoms with Crippen molar-refractivity contribution in [1.29, 1.82) is 0 Å². The first-order chi connectivity index (χ1) is 25.1. The van der Waals surface area contributed by atoms with Gasteiger partial charge in [-0.05, 0) is 104 Å². The Kier molecular flexibility index (Phi) is 20.9. The summed E-state index contributed by atoms with van der Waals surface area (Å²) in [6.45, 7) is 25.4. The lowest BCUT2D eigenvalue weighted by Crippen LogP contribution is -2.14. The predicted molar refractivity (Wildman–Crippen MR) is 227 cm³/mol.